The van der Waals surface area contributed by atoms with Gasteiger partial charge in [-0.25, -0.2) is 8.42 Å². The minimum atomic E-state index is -3.36. The van der Waals surface area contributed by atoms with Crippen LogP contribution in [-0.4, -0.2) is 55.3 Å². The molecule has 122 valence electrons. The molecule has 1 fully saturated rings. The van der Waals surface area contributed by atoms with Crippen LogP contribution in [0.3, 0.4) is 0 Å². The number of piperazine rings is 1. The lowest BCUT2D eigenvalue weighted by atomic mass is 10.2. The maximum Gasteiger partial charge on any atom is 0.243 e. The molecule has 3 rings (SSSR count). The molecule has 23 heavy (non-hydrogen) atoms. The minimum Gasteiger partial charge on any atom is -0.300 e. The Morgan fingerprint density at radius 2 is 1.61 bits per heavy atom. The molecule has 2 heterocycles. The molecule has 6 heteroatoms. The normalized spacial score (nSPS) is 17.2. The summed E-state index contributed by atoms with van der Waals surface area (Å²) < 4.78 is 26.7. The monoisotopic (exact) mass is 331 g/mol. The van der Waals surface area contributed by atoms with Crippen molar-refractivity contribution in [2.24, 2.45) is 0 Å². The number of hydrogen-bond acceptors (Lipinski definition) is 4. The van der Waals surface area contributed by atoms with Gasteiger partial charge in [-0.05, 0) is 24.3 Å². The van der Waals surface area contributed by atoms with Crippen molar-refractivity contribution in [2.45, 2.75) is 11.3 Å². The second kappa shape index (κ2) is 7.21. The Bertz CT molecular complexity index is 712. The number of nitrogens with zero attached hydrogens (tertiary/aromatic N) is 3. The maximum absolute atomic E-state index is 12.6. The van der Waals surface area contributed by atoms with Crippen molar-refractivity contribution in [3.8, 4) is 0 Å². The van der Waals surface area contributed by atoms with Crippen molar-refractivity contribution in [3.63, 3.8) is 0 Å². The molecule has 1 aromatic carbocycles. The smallest absolute Gasteiger partial charge is 0.243 e. The molecule has 0 amide bonds. The van der Waals surface area contributed by atoms with Crippen LogP contribution in [-0.2, 0) is 16.4 Å². The fraction of sp³-hybridized carbons (Fsp3) is 0.353. The summed E-state index contributed by atoms with van der Waals surface area (Å²) in [5.74, 6) is 0. The average molecular weight is 331 g/mol. The molecule has 1 saturated heterocycles. The summed E-state index contributed by atoms with van der Waals surface area (Å²) in [4.78, 5) is 7.00. The van der Waals surface area contributed by atoms with E-state index in [1.165, 1.54) is 0 Å². The van der Waals surface area contributed by atoms with Crippen molar-refractivity contribution in [3.05, 3.63) is 60.4 Å². The number of hydrogen-bond donors (Lipinski definition) is 0. The largest absolute Gasteiger partial charge is 0.300 e. The predicted molar refractivity (Wildman–Crippen MR) is 89.6 cm³/mol. The van der Waals surface area contributed by atoms with Crippen LogP contribution in [0.2, 0.25) is 0 Å². The van der Waals surface area contributed by atoms with Gasteiger partial charge < -0.3 is 4.90 Å². The molecule has 0 N–H and O–H groups in total. The molecule has 0 aliphatic carbocycles. The number of rotatable bonds is 5. The van der Waals surface area contributed by atoms with Crippen LogP contribution in [0.5, 0.6) is 0 Å². The van der Waals surface area contributed by atoms with E-state index in [1.807, 2.05) is 24.3 Å². The van der Waals surface area contributed by atoms with E-state index in [2.05, 4.69) is 9.88 Å². The Morgan fingerprint density at radius 3 is 2.26 bits per heavy atom. The first-order valence-electron chi connectivity index (χ1n) is 7.84. The molecule has 0 unspecified atom stereocenters. The maximum atomic E-state index is 12.6. The van der Waals surface area contributed by atoms with Crippen molar-refractivity contribution in [1.29, 1.82) is 0 Å². The van der Waals surface area contributed by atoms with Gasteiger partial charge in [0.05, 0.1) is 4.90 Å². The SMILES string of the molecule is O=S(=O)(c1ccccc1)N1CCN(CCc2ccccn2)CC1. The summed E-state index contributed by atoms with van der Waals surface area (Å²) in [7, 11) is -3.36. The second-order valence-corrected chi connectivity index (χ2v) is 7.57. The van der Waals surface area contributed by atoms with Crippen LogP contribution in [0.1, 0.15) is 5.69 Å². The first kappa shape index (κ1) is 16.1. The Labute approximate surface area is 137 Å². The lowest BCUT2D eigenvalue weighted by Crippen LogP contribution is -2.49. The molecule has 0 radical (unpaired) electrons. The molecule has 0 atom stereocenters. The van der Waals surface area contributed by atoms with Gasteiger partial charge in [-0.2, -0.15) is 4.31 Å². The molecule has 5 nitrogen and oxygen atoms in total. The highest BCUT2D eigenvalue weighted by Gasteiger charge is 2.27. The molecule has 1 aliphatic rings. The van der Waals surface area contributed by atoms with Crippen molar-refractivity contribution in [1.82, 2.24) is 14.2 Å². The number of aromatic nitrogens is 1. The number of pyridine rings is 1. The number of benzene rings is 1. The molecule has 1 aromatic heterocycles. The molecule has 0 saturated carbocycles. The summed E-state index contributed by atoms with van der Waals surface area (Å²) in [6.07, 6.45) is 2.70. The van der Waals surface area contributed by atoms with Crippen LogP contribution in [0.4, 0.5) is 0 Å². The minimum absolute atomic E-state index is 0.377. The van der Waals surface area contributed by atoms with E-state index in [0.29, 0.717) is 18.0 Å². The van der Waals surface area contributed by atoms with Gasteiger partial charge in [-0.1, -0.05) is 24.3 Å². The highest BCUT2D eigenvalue weighted by Crippen LogP contribution is 2.17. The summed E-state index contributed by atoms with van der Waals surface area (Å²) in [6.45, 7) is 3.52. The Morgan fingerprint density at radius 1 is 0.913 bits per heavy atom. The lowest BCUT2D eigenvalue weighted by molar-refractivity contribution is 0.190. The van der Waals surface area contributed by atoms with E-state index < -0.39 is 10.0 Å². The van der Waals surface area contributed by atoms with Gasteiger partial charge >= 0.3 is 0 Å². The summed E-state index contributed by atoms with van der Waals surface area (Å²) >= 11 is 0. The molecule has 0 bridgehead atoms. The molecule has 1 aliphatic heterocycles. The fourth-order valence-electron chi connectivity index (χ4n) is 2.75. The van der Waals surface area contributed by atoms with Crippen LogP contribution in [0.25, 0.3) is 0 Å². The fourth-order valence-corrected chi connectivity index (χ4v) is 4.20. The zero-order chi connectivity index (χ0) is 16.1. The van der Waals surface area contributed by atoms with Gasteiger partial charge in [-0.15, -0.1) is 0 Å². The zero-order valence-electron chi connectivity index (χ0n) is 13.0. The van der Waals surface area contributed by atoms with Crippen LogP contribution >= 0.6 is 0 Å². The van der Waals surface area contributed by atoms with E-state index in [4.69, 9.17) is 0 Å². The molecular weight excluding hydrogens is 310 g/mol. The topological polar surface area (TPSA) is 53.5 Å². The van der Waals surface area contributed by atoms with E-state index in [0.717, 1.165) is 31.7 Å². The van der Waals surface area contributed by atoms with E-state index in [9.17, 15) is 8.42 Å². The summed E-state index contributed by atoms with van der Waals surface area (Å²) in [6, 6.07) is 14.6. The highest BCUT2D eigenvalue weighted by atomic mass is 32.2. The predicted octanol–water partition coefficient (Wildman–Crippen LogP) is 1.63. The standard InChI is InChI=1S/C17H21N3O2S/c21-23(22,17-7-2-1-3-8-17)20-14-12-19(13-15-20)11-9-16-6-4-5-10-18-16/h1-8,10H,9,11-15H2. The van der Waals surface area contributed by atoms with Crippen molar-refractivity contribution in [2.75, 3.05) is 32.7 Å². The average Bonchev–Trinajstić information content (AvgIpc) is 2.62. The summed E-state index contributed by atoms with van der Waals surface area (Å²) in [5.41, 5.74) is 1.08. The van der Waals surface area contributed by atoms with Gasteiger partial charge in [0.2, 0.25) is 10.0 Å². The third kappa shape index (κ3) is 3.96. The Balaban J connectivity index is 1.54. The third-order valence-corrected chi connectivity index (χ3v) is 6.04. The van der Waals surface area contributed by atoms with Gasteiger partial charge in [0.15, 0.2) is 0 Å². The zero-order valence-corrected chi connectivity index (χ0v) is 13.8. The molecule has 0 spiro atoms. The first-order chi connectivity index (χ1) is 11.2. The molecular formula is C17H21N3O2S. The lowest BCUT2D eigenvalue weighted by Gasteiger charge is -2.33. The van der Waals surface area contributed by atoms with Crippen molar-refractivity contribution < 1.29 is 8.42 Å². The first-order valence-corrected chi connectivity index (χ1v) is 9.28. The Hall–Kier alpha value is -1.76. The summed E-state index contributed by atoms with van der Waals surface area (Å²) in [5, 5.41) is 0. The van der Waals surface area contributed by atoms with E-state index in [1.54, 1.807) is 34.8 Å². The third-order valence-electron chi connectivity index (χ3n) is 4.12. The van der Waals surface area contributed by atoms with Crippen molar-refractivity contribution >= 4 is 10.0 Å². The van der Waals surface area contributed by atoms with Gasteiger partial charge in [-0.3, -0.25) is 4.98 Å². The Kier molecular flexibility index (Phi) is 5.05. The van der Waals surface area contributed by atoms with Gasteiger partial charge in [0, 0.05) is 51.0 Å². The molecule has 2 aromatic rings. The van der Waals surface area contributed by atoms with E-state index in [-0.39, 0.29) is 0 Å². The number of sulfonamides is 1. The van der Waals surface area contributed by atoms with Crippen LogP contribution in [0, 0.1) is 0 Å². The quantitative estimate of drug-likeness (QED) is 0.836. The van der Waals surface area contributed by atoms with Crippen LogP contribution < -0.4 is 0 Å². The van der Waals surface area contributed by atoms with Crippen LogP contribution in [0.15, 0.2) is 59.6 Å². The highest BCUT2D eigenvalue weighted by molar-refractivity contribution is 7.89. The van der Waals surface area contributed by atoms with E-state index >= 15 is 0 Å². The van der Waals surface area contributed by atoms with Gasteiger partial charge in [0.1, 0.15) is 0 Å². The van der Waals surface area contributed by atoms with Gasteiger partial charge in [0.25, 0.3) is 0 Å². The second-order valence-electron chi connectivity index (χ2n) is 5.63.